The summed E-state index contributed by atoms with van der Waals surface area (Å²) < 4.78 is 10.8. The summed E-state index contributed by atoms with van der Waals surface area (Å²) in [5.74, 6) is -0.0419. The molecule has 22 heavy (non-hydrogen) atoms. The van der Waals surface area contributed by atoms with Gasteiger partial charge in [-0.1, -0.05) is 11.2 Å². The SMILES string of the molecule is Cc1cc(C)c2c(CC(=O)NCCCOC(C)C)noc2c1. The van der Waals surface area contributed by atoms with Crippen molar-refractivity contribution in [3.63, 3.8) is 0 Å². The molecular weight excluding hydrogens is 280 g/mol. The van der Waals surface area contributed by atoms with Gasteiger partial charge in [0.05, 0.1) is 12.5 Å². The van der Waals surface area contributed by atoms with Crippen LogP contribution in [-0.2, 0) is 16.0 Å². The van der Waals surface area contributed by atoms with Gasteiger partial charge >= 0.3 is 0 Å². The lowest BCUT2D eigenvalue weighted by molar-refractivity contribution is -0.120. The Balaban J connectivity index is 1.90. The maximum Gasteiger partial charge on any atom is 0.226 e. The molecule has 0 aliphatic rings. The summed E-state index contributed by atoms with van der Waals surface area (Å²) in [6.45, 7) is 9.29. The van der Waals surface area contributed by atoms with Gasteiger partial charge in [-0.05, 0) is 51.3 Å². The Bertz CT molecular complexity index is 647. The number of nitrogens with zero attached hydrogens (tertiary/aromatic N) is 1. The minimum atomic E-state index is -0.0419. The van der Waals surface area contributed by atoms with Gasteiger partial charge in [0.25, 0.3) is 0 Å². The van der Waals surface area contributed by atoms with Crippen molar-refractivity contribution in [1.82, 2.24) is 10.5 Å². The molecule has 0 aliphatic heterocycles. The Morgan fingerprint density at radius 2 is 2.14 bits per heavy atom. The molecule has 5 heteroatoms. The van der Waals surface area contributed by atoms with Crippen molar-refractivity contribution in [2.24, 2.45) is 0 Å². The second-order valence-corrected chi connectivity index (χ2v) is 5.88. The first-order valence-electron chi connectivity index (χ1n) is 7.71. The number of hydrogen-bond acceptors (Lipinski definition) is 4. The minimum Gasteiger partial charge on any atom is -0.379 e. The van der Waals surface area contributed by atoms with E-state index in [9.17, 15) is 4.79 Å². The summed E-state index contributed by atoms with van der Waals surface area (Å²) in [6, 6.07) is 4.02. The number of aryl methyl sites for hydroxylation is 2. The monoisotopic (exact) mass is 304 g/mol. The van der Waals surface area contributed by atoms with Crippen LogP contribution in [0.4, 0.5) is 0 Å². The molecule has 1 amide bonds. The van der Waals surface area contributed by atoms with Crippen LogP contribution < -0.4 is 5.32 Å². The summed E-state index contributed by atoms with van der Waals surface area (Å²) >= 11 is 0. The van der Waals surface area contributed by atoms with E-state index in [-0.39, 0.29) is 18.4 Å². The van der Waals surface area contributed by atoms with Crippen LogP contribution in [0.15, 0.2) is 16.7 Å². The minimum absolute atomic E-state index is 0.0419. The van der Waals surface area contributed by atoms with Crippen molar-refractivity contribution in [1.29, 1.82) is 0 Å². The molecule has 0 unspecified atom stereocenters. The molecule has 1 heterocycles. The van der Waals surface area contributed by atoms with E-state index in [4.69, 9.17) is 9.26 Å². The number of rotatable bonds is 7. The molecule has 2 aromatic rings. The summed E-state index contributed by atoms with van der Waals surface area (Å²) in [4.78, 5) is 12.0. The van der Waals surface area contributed by atoms with Crippen molar-refractivity contribution in [2.75, 3.05) is 13.2 Å². The van der Waals surface area contributed by atoms with Gasteiger partial charge in [0.1, 0.15) is 5.69 Å². The number of ether oxygens (including phenoxy) is 1. The molecule has 1 aromatic carbocycles. The van der Waals surface area contributed by atoms with Crippen LogP contribution >= 0.6 is 0 Å². The van der Waals surface area contributed by atoms with Crippen molar-refractivity contribution >= 4 is 16.9 Å². The quantitative estimate of drug-likeness (QED) is 0.799. The molecule has 0 saturated heterocycles. The van der Waals surface area contributed by atoms with Gasteiger partial charge < -0.3 is 14.6 Å². The Hall–Kier alpha value is -1.88. The Labute approximate surface area is 131 Å². The van der Waals surface area contributed by atoms with E-state index >= 15 is 0 Å². The van der Waals surface area contributed by atoms with Gasteiger partial charge in [-0.15, -0.1) is 0 Å². The molecule has 2 rings (SSSR count). The molecule has 0 bridgehead atoms. The van der Waals surface area contributed by atoms with E-state index in [1.807, 2.05) is 33.8 Å². The topological polar surface area (TPSA) is 64.4 Å². The van der Waals surface area contributed by atoms with E-state index in [0.717, 1.165) is 28.5 Å². The van der Waals surface area contributed by atoms with E-state index in [1.54, 1.807) is 0 Å². The fourth-order valence-electron chi connectivity index (χ4n) is 2.47. The van der Waals surface area contributed by atoms with Gasteiger partial charge in [-0.2, -0.15) is 0 Å². The van der Waals surface area contributed by atoms with Crippen molar-refractivity contribution in [3.8, 4) is 0 Å². The molecule has 0 aliphatic carbocycles. The van der Waals surface area contributed by atoms with E-state index in [1.165, 1.54) is 0 Å². The normalized spacial score (nSPS) is 11.3. The lowest BCUT2D eigenvalue weighted by Crippen LogP contribution is -2.27. The van der Waals surface area contributed by atoms with Crippen LogP contribution in [0.25, 0.3) is 11.0 Å². The Kier molecular flexibility index (Phi) is 5.55. The van der Waals surface area contributed by atoms with Gasteiger partial charge in [-0.25, -0.2) is 0 Å². The Morgan fingerprint density at radius 1 is 1.36 bits per heavy atom. The number of carbonyl (C=O) groups is 1. The standard InChI is InChI=1S/C17H24N2O3/c1-11(2)21-7-5-6-18-16(20)10-14-17-13(4)8-12(3)9-15(17)22-19-14/h8-9,11H,5-7,10H2,1-4H3,(H,18,20). The first-order valence-corrected chi connectivity index (χ1v) is 7.71. The second-order valence-electron chi connectivity index (χ2n) is 5.88. The highest BCUT2D eigenvalue weighted by atomic mass is 16.5. The van der Waals surface area contributed by atoms with Gasteiger partial charge in [-0.3, -0.25) is 4.79 Å². The average Bonchev–Trinajstić information content (AvgIpc) is 2.81. The van der Waals surface area contributed by atoms with Crippen LogP contribution in [0.5, 0.6) is 0 Å². The van der Waals surface area contributed by atoms with Crippen LogP contribution in [0.2, 0.25) is 0 Å². The molecule has 1 aromatic heterocycles. The van der Waals surface area contributed by atoms with Crippen molar-refractivity contribution in [3.05, 3.63) is 29.0 Å². The summed E-state index contributed by atoms with van der Waals surface area (Å²) in [6.07, 6.45) is 1.27. The average molecular weight is 304 g/mol. The summed E-state index contributed by atoms with van der Waals surface area (Å²) in [5.41, 5.74) is 3.65. The zero-order valence-corrected chi connectivity index (χ0v) is 13.7. The fourth-order valence-corrected chi connectivity index (χ4v) is 2.47. The van der Waals surface area contributed by atoms with Gasteiger partial charge in [0.15, 0.2) is 5.58 Å². The number of hydrogen-bond donors (Lipinski definition) is 1. The highest BCUT2D eigenvalue weighted by Gasteiger charge is 2.14. The molecule has 5 nitrogen and oxygen atoms in total. The fraction of sp³-hybridized carbons (Fsp3) is 0.529. The highest BCUT2D eigenvalue weighted by Crippen LogP contribution is 2.24. The first-order chi connectivity index (χ1) is 10.5. The number of aromatic nitrogens is 1. The van der Waals surface area contributed by atoms with Gasteiger partial charge in [0.2, 0.25) is 5.91 Å². The van der Waals surface area contributed by atoms with Crippen LogP contribution in [0, 0.1) is 13.8 Å². The molecule has 1 N–H and O–H groups in total. The van der Waals surface area contributed by atoms with Crippen LogP contribution in [0.3, 0.4) is 0 Å². The maximum atomic E-state index is 12.0. The maximum absolute atomic E-state index is 12.0. The smallest absolute Gasteiger partial charge is 0.226 e. The third-order valence-corrected chi connectivity index (χ3v) is 3.41. The number of fused-ring (bicyclic) bond motifs is 1. The number of amides is 1. The third kappa shape index (κ3) is 4.31. The zero-order chi connectivity index (χ0) is 16.1. The zero-order valence-electron chi connectivity index (χ0n) is 13.7. The largest absolute Gasteiger partial charge is 0.379 e. The Morgan fingerprint density at radius 3 is 2.86 bits per heavy atom. The van der Waals surface area contributed by atoms with E-state index in [0.29, 0.717) is 18.8 Å². The van der Waals surface area contributed by atoms with E-state index < -0.39 is 0 Å². The summed E-state index contributed by atoms with van der Waals surface area (Å²) in [7, 11) is 0. The van der Waals surface area contributed by atoms with Gasteiger partial charge in [0, 0.05) is 18.5 Å². The number of benzene rings is 1. The predicted molar refractivity (Wildman–Crippen MR) is 85.9 cm³/mol. The molecule has 0 radical (unpaired) electrons. The summed E-state index contributed by atoms with van der Waals surface area (Å²) in [5, 5.41) is 7.88. The molecule has 120 valence electrons. The highest BCUT2D eigenvalue weighted by molar-refractivity contribution is 5.88. The van der Waals surface area contributed by atoms with Crippen molar-refractivity contribution in [2.45, 2.75) is 46.6 Å². The molecule has 0 fully saturated rings. The van der Waals surface area contributed by atoms with Crippen molar-refractivity contribution < 1.29 is 14.1 Å². The van der Waals surface area contributed by atoms with Crippen LogP contribution in [-0.4, -0.2) is 30.3 Å². The van der Waals surface area contributed by atoms with Crippen LogP contribution in [0.1, 0.15) is 37.1 Å². The first kappa shape index (κ1) is 16.5. The molecule has 0 atom stereocenters. The van der Waals surface area contributed by atoms with E-state index in [2.05, 4.69) is 16.5 Å². The lowest BCUT2D eigenvalue weighted by Gasteiger charge is -2.08. The second kappa shape index (κ2) is 7.40. The molecule has 0 spiro atoms. The number of carbonyl (C=O) groups excluding carboxylic acids is 1. The lowest BCUT2D eigenvalue weighted by atomic mass is 10.0. The third-order valence-electron chi connectivity index (χ3n) is 3.41. The molecule has 0 saturated carbocycles. The number of nitrogens with one attached hydrogen (secondary N) is 1. The molecular formula is C17H24N2O3. The predicted octanol–water partition coefficient (Wildman–Crippen LogP) is 2.92.